The van der Waals surface area contributed by atoms with Gasteiger partial charge in [-0.25, -0.2) is 0 Å². The number of hydrogen-bond donors (Lipinski definition) is 0. The quantitative estimate of drug-likeness (QED) is 0.173. The lowest BCUT2D eigenvalue weighted by molar-refractivity contribution is 0.510. The van der Waals surface area contributed by atoms with Gasteiger partial charge < -0.3 is 4.40 Å². The van der Waals surface area contributed by atoms with Crippen molar-refractivity contribution in [1.29, 1.82) is 0 Å². The summed E-state index contributed by atoms with van der Waals surface area (Å²) in [5.74, 6) is 0.809. The maximum Gasteiger partial charge on any atom is 0.0617 e. The molecule has 6 aromatic rings. The van der Waals surface area contributed by atoms with Crippen molar-refractivity contribution in [3.63, 3.8) is 0 Å². The van der Waals surface area contributed by atoms with Gasteiger partial charge in [0.25, 0.3) is 0 Å². The molecule has 3 aliphatic carbocycles. The van der Waals surface area contributed by atoms with E-state index in [9.17, 15) is 0 Å². The Morgan fingerprint density at radius 3 is 2.02 bits per heavy atom. The molecule has 1 nitrogen and oxygen atoms in total. The summed E-state index contributed by atoms with van der Waals surface area (Å²) in [4.78, 5) is 0. The van der Waals surface area contributed by atoms with Crippen LogP contribution in [0.3, 0.4) is 0 Å². The van der Waals surface area contributed by atoms with Gasteiger partial charge in [0.15, 0.2) is 0 Å². The summed E-state index contributed by atoms with van der Waals surface area (Å²) >= 11 is 0. The molecule has 0 radical (unpaired) electrons. The van der Waals surface area contributed by atoms with Crippen LogP contribution in [0.5, 0.6) is 0 Å². The number of aromatic nitrogens is 1. The van der Waals surface area contributed by atoms with Gasteiger partial charge in [0.05, 0.1) is 16.7 Å². The Labute approximate surface area is 304 Å². The molecule has 0 saturated heterocycles. The Bertz CT molecular complexity index is 2550. The third-order valence-electron chi connectivity index (χ3n) is 12.0. The Kier molecular flexibility index (Phi) is 6.93. The van der Waals surface area contributed by atoms with Crippen LogP contribution in [0, 0.1) is 11.3 Å². The van der Waals surface area contributed by atoms with Gasteiger partial charge in [-0.05, 0) is 115 Å². The first kappa shape index (κ1) is 32.3. The van der Waals surface area contributed by atoms with Crippen LogP contribution < -0.4 is 0 Å². The Hall–Kier alpha value is -4.62. The number of rotatable bonds is 2. The Morgan fingerprint density at radius 1 is 0.608 bits per heavy atom. The molecular weight excluding hydrogens is 615 g/mol. The molecule has 0 spiro atoms. The highest BCUT2D eigenvalue weighted by atomic mass is 14.9. The van der Waals surface area contributed by atoms with E-state index in [0.29, 0.717) is 11.8 Å². The maximum atomic E-state index is 2.61. The molecule has 51 heavy (non-hydrogen) atoms. The van der Waals surface area contributed by atoms with Gasteiger partial charge in [0, 0.05) is 28.0 Å². The zero-order valence-corrected chi connectivity index (χ0v) is 31.9. The molecule has 0 amide bonds. The van der Waals surface area contributed by atoms with Crippen molar-refractivity contribution in [3.8, 4) is 0 Å². The zero-order chi connectivity index (χ0) is 35.6. The summed E-state index contributed by atoms with van der Waals surface area (Å²) in [5.41, 5.74) is 15.6. The first-order valence-electron chi connectivity index (χ1n) is 19.0. The monoisotopic (exact) mass is 665 g/mol. The van der Waals surface area contributed by atoms with Crippen LogP contribution in [-0.2, 0) is 17.3 Å². The van der Waals surface area contributed by atoms with Crippen LogP contribution in [0.4, 0.5) is 0 Å². The van der Waals surface area contributed by atoms with Gasteiger partial charge in [0.1, 0.15) is 0 Å². The van der Waals surface area contributed by atoms with E-state index in [1.165, 1.54) is 88.2 Å². The number of fused-ring (bicyclic) bond motifs is 8. The molecule has 9 rings (SSSR count). The molecule has 1 heteroatoms. The van der Waals surface area contributed by atoms with Crippen LogP contribution in [0.1, 0.15) is 108 Å². The molecule has 0 saturated carbocycles. The summed E-state index contributed by atoms with van der Waals surface area (Å²) in [6, 6.07) is 26.3. The average Bonchev–Trinajstić information content (AvgIpc) is 3.58. The van der Waals surface area contributed by atoms with Crippen LogP contribution in [-0.4, -0.2) is 4.40 Å². The molecule has 0 fully saturated rings. The second kappa shape index (κ2) is 10.9. The van der Waals surface area contributed by atoms with Crippen molar-refractivity contribution in [2.75, 3.05) is 0 Å². The summed E-state index contributed by atoms with van der Waals surface area (Å²) in [5, 5.41) is 6.82. The lowest BCUT2D eigenvalue weighted by atomic mass is 9.79. The van der Waals surface area contributed by atoms with Crippen LogP contribution in [0.2, 0.25) is 0 Å². The van der Waals surface area contributed by atoms with E-state index in [1.54, 1.807) is 0 Å². The summed E-state index contributed by atoms with van der Waals surface area (Å²) in [6.45, 7) is 20.8. The molecule has 2 unspecified atom stereocenters. The molecule has 0 aliphatic heterocycles. The highest BCUT2D eigenvalue weighted by molar-refractivity contribution is 6.19. The van der Waals surface area contributed by atoms with Crippen LogP contribution in [0.15, 0.2) is 114 Å². The van der Waals surface area contributed by atoms with Crippen molar-refractivity contribution in [1.82, 2.24) is 4.40 Å². The van der Waals surface area contributed by atoms with E-state index < -0.39 is 0 Å². The SMILES string of the molecule is CC(C)(C)C1=CCC(c2ccc3cc4c5cc(C(C)(C)C)cc6c7c(n(c4cc3c2)c65)C=C2C=C(c3ccc(C(C)(C)C)cc3)C=CC2C7)C=C1. The molecule has 3 aliphatic rings. The normalized spacial score (nSPS) is 19.5. The molecule has 2 atom stereocenters. The molecule has 0 bridgehead atoms. The van der Waals surface area contributed by atoms with Crippen molar-refractivity contribution < 1.29 is 0 Å². The number of hydrogen-bond acceptors (Lipinski definition) is 0. The molecule has 2 heterocycles. The van der Waals surface area contributed by atoms with Crippen molar-refractivity contribution in [2.24, 2.45) is 11.3 Å². The smallest absolute Gasteiger partial charge is 0.0617 e. The van der Waals surface area contributed by atoms with Crippen LogP contribution in [0.25, 0.3) is 49.6 Å². The predicted molar refractivity (Wildman–Crippen MR) is 221 cm³/mol. The van der Waals surface area contributed by atoms with E-state index in [-0.39, 0.29) is 16.2 Å². The van der Waals surface area contributed by atoms with E-state index in [2.05, 4.69) is 176 Å². The molecule has 0 N–H and O–H groups in total. The maximum absolute atomic E-state index is 2.61. The Balaban J connectivity index is 1.21. The van der Waals surface area contributed by atoms with Crippen LogP contribution >= 0.6 is 0 Å². The zero-order valence-electron chi connectivity index (χ0n) is 31.9. The van der Waals surface area contributed by atoms with E-state index in [4.69, 9.17) is 0 Å². The van der Waals surface area contributed by atoms with Gasteiger partial charge in [0.2, 0.25) is 0 Å². The van der Waals surface area contributed by atoms with Gasteiger partial charge in [-0.3, -0.25) is 0 Å². The first-order valence-corrected chi connectivity index (χ1v) is 19.0. The van der Waals surface area contributed by atoms with Gasteiger partial charge in [-0.15, -0.1) is 0 Å². The molecule has 4 aromatic carbocycles. The Morgan fingerprint density at radius 2 is 1.33 bits per heavy atom. The van der Waals surface area contributed by atoms with E-state index in [0.717, 1.165) is 12.8 Å². The molecule has 256 valence electrons. The average molecular weight is 666 g/mol. The third kappa shape index (κ3) is 5.26. The summed E-state index contributed by atoms with van der Waals surface area (Å²) in [6.07, 6.45) is 19.1. The van der Waals surface area contributed by atoms with Gasteiger partial charge in [-0.1, -0.05) is 141 Å². The van der Waals surface area contributed by atoms with Crippen molar-refractivity contribution in [2.45, 2.75) is 91.9 Å². The van der Waals surface area contributed by atoms with E-state index >= 15 is 0 Å². The third-order valence-corrected chi connectivity index (χ3v) is 12.0. The topological polar surface area (TPSA) is 4.41 Å². The summed E-state index contributed by atoms with van der Waals surface area (Å²) < 4.78 is 2.61. The fraction of sp³-hybridized carbons (Fsp3) is 0.320. The largest absolute Gasteiger partial charge is 0.308 e. The minimum absolute atomic E-state index is 0.0591. The summed E-state index contributed by atoms with van der Waals surface area (Å²) in [7, 11) is 0. The van der Waals surface area contributed by atoms with E-state index in [1.807, 2.05) is 0 Å². The predicted octanol–water partition coefficient (Wildman–Crippen LogP) is 13.7. The lowest BCUT2D eigenvalue weighted by Crippen LogP contribution is -2.13. The molecule has 2 aromatic heterocycles. The fourth-order valence-corrected chi connectivity index (χ4v) is 8.83. The number of allylic oxidation sites excluding steroid dienone is 9. The van der Waals surface area contributed by atoms with Gasteiger partial charge >= 0.3 is 0 Å². The highest BCUT2D eigenvalue weighted by Crippen LogP contribution is 2.47. The van der Waals surface area contributed by atoms with Crippen molar-refractivity contribution >= 4 is 49.6 Å². The number of benzene rings is 4. The standard InChI is InChI=1S/C50H51N/c1-48(2,3)38-18-14-30(15-19-38)32-10-12-34-24-41-43-28-40(50(7,8)9)29-44-42-25-35-13-11-33(31-16-20-39(21-17-31)49(4,5)6)23-37(35)27-46(42)51(47(43)44)45(41)26-36(34)22-32/h10-16,18-23,25-29,31,34H,17,24H2,1-9H3. The number of nitrogens with zero attached hydrogens (tertiary/aromatic N) is 1. The van der Waals surface area contributed by atoms with Crippen molar-refractivity contribution in [3.05, 3.63) is 148 Å². The highest BCUT2D eigenvalue weighted by Gasteiger charge is 2.30. The molecular formula is C50H51N. The lowest BCUT2D eigenvalue weighted by Gasteiger charge is -2.25. The second-order valence-corrected chi connectivity index (χ2v) is 18.7. The second-order valence-electron chi connectivity index (χ2n) is 18.7. The minimum atomic E-state index is 0.0591. The first-order chi connectivity index (χ1) is 24.1. The minimum Gasteiger partial charge on any atom is -0.308 e. The fourth-order valence-electron chi connectivity index (χ4n) is 8.83. The van der Waals surface area contributed by atoms with Gasteiger partial charge in [-0.2, -0.15) is 0 Å².